The Bertz CT molecular complexity index is 1160. The molecule has 14 heteroatoms. The average Bonchev–Trinajstić information content (AvgIpc) is 3.48. The number of rotatable bonds is 18. The first kappa shape index (κ1) is 33.5. The number of likely N-dealkylation sites (tertiary alicyclic amines) is 1. The molecule has 7 N–H and O–H groups in total. The standard InChI is InChI=1S/C30H51N11O3/c1-22-19-27(36-24-11-17-40(18-12-24)28(42)10-9-26(31)29(43)44)37-30(35-22)34-20-25-21-41(39-38-25)16-6-14-32-13-5-15-33-23-7-3-2-4-8-23/h19,21,23-24,26,32-33H,2-18,20,31H2,1H3,(H,43,44)(H2,34,35,36,37)/t26-/m0/s1. The van der Waals surface area contributed by atoms with Crippen molar-refractivity contribution in [2.45, 2.75) is 109 Å². The Morgan fingerprint density at radius 2 is 1.82 bits per heavy atom. The Morgan fingerprint density at radius 3 is 2.59 bits per heavy atom. The zero-order valence-corrected chi connectivity index (χ0v) is 26.1. The number of hydrogen-bond donors (Lipinski definition) is 6. The van der Waals surface area contributed by atoms with Gasteiger partial charge in [0, 0.05) is 49.9 Å². The lowest BCUT2D eigenvalue weighted by atomic mass is 9.95. The normalized spacial score (nSPS) is 17.0. The molecule has 14 nitrogen and oxygen atoms in total. The Hall–Kier alpha value is -3.36. The summed E-state index contributed by atoms with van der Waals surface area (Å²) in [5.74, 6) is 0.124. The average molecular weight is 614 g/mol. The molecule has 1 saturated heterocycles. The van der Waals surface area contributed by atoms with Gasteiger partial charge in [-0.05, 0) is 71.5 Å². The highest BCUT2D eigenvalue weighted by Gasteiger charge is 2.24. The van der Waals surface area contributed by atoms with Crippen LogP contribution in [0.5, 0.6) is 0 Å². The Morgan fingerprint density at radius 1 is 1.05 bits per heavy atom. The molecule has 2 aliphatic rings. The zero-order chi connectivity index (χ0) is 31.1. The molecular formula is C30H51N11O3. The molecule has 1 amide bonds. The van der Waals surface area contributed by atoms with Crippen LogP contribution < -0.4 is 27.0 Å². The summed E-state index contributed by atoms with van der Waals surface area (Å²) in [5, 5.41) is 31.4. The second-order valence-electron chi connectivity index (χ2n) is 12.1. The molecule has 0 spiro atoms. The van der Waals surface area contributed by atoms with Crippen LogP contribution >= 0.6 is 0 Å². The van der Waals surface area contributed by atoms with Gasteiger partial charge in [0.25, 0.3) is 0 Å². The summed E-state index contributed by atoms with van der Waals surface area (Å²) in [7, 11) is 0. The van der Waals surface area contributed by atoms with E-state index in [0.29, 0.717) is 25.6 Å². The lowest BCUT2D eigenvalue weighted by Gasteiger charge is -2.33. The fourth-order valence-corrected chi connectivity index (χ4v) is 5.78. The van der Waals surface area contributed by atoms with Crippen molar-refractivity contribution < 1.29 is 14.7 Å². The van der Waals surface area contributed by atoms with E-state index in [9.17, 15) is 9.59 Å². The maximum atomic E-state index is 12.4. The maximum absolute atomic E-state index is 12.4. The lowest BCUT2D eigenvalue weighted by Crippen LogP contribution is -2.43. The molecule has 1 aliphatic carbocycles. The first-order valence-electron chi connectivity index (χ1n) is 16.3. The van der Waals surface area contributed by atoms with Crippen LogP contribution in [0, 0.1) is 6.92 Å². The summed E-state index contributed by atoms with van der Waals surface area (Å²) in [4.78, 5) is 34.3. The molecule has 1 saturated carbocycles. The van der Waals surface area contributed by atoms with Crippen molar-refractivity contribution in [3.63, 3.8) is 0 Å². The van der Waals surface area contributed by atoms with Gasteiger partial charge in [-0.15, -0.1) is 5.10 Å². The van der Waals surface area contributed by atoms with Crippen LogP contribution in [0.15, 0.2) is 12.3 Å². The number of carbonyl (C=O) groups excluding carboxylic acids is 1. The van der Waals surface area contributed by atoms with E-state index in [0.717, 1.165) is 75.1 Å². The number of anilines is 2. The van der Waals surface area contributed by atoms with Gasteiger partial charge in [-0.25, -0.2) is 4.98 Å². The van der Waals surface area contributed by atoms with Gasteiger partial charge in [0.05, 0.1) is 12.7 Å². The molecule has 2 fully saturated rings. The van der Waals surface area contributed by atoms with Gasteiger partial charge in [-0.3, -0.25) is 14.3 Å². The number of aryl methyl sites for hydroxylation is 2. The number of carboxylic acid groups (broad SMARTS) is 1. The van der Waals surface area contributed by atoms with Crippen molar-refractivity contribution in [3.8, 4) is 0 Å². The Kier molecular flexibility index (Phi) is 13.6. The molecule has 1 atom stereocenters. The predicted octanol–water partition coefficient (Wildman–Crippen LogP) is 1.88. The summed E-state index contributed by atoms with van der Waals surface area (Å²) in [5.41, 5.74) is 7.20. The van der Waals surface area contributed by atoms with E-state index in [2.05, 4.69) is 41.5 Å². The molecule has 0 aromatic carbocycles. The van der Waals surface area contributed by atoms with E-state index < -0.39 is 12.0 Å². The highest BCUT2D eigenvalue weighted by Crippen LogP contribution is 2.19. The van der Waals surface area contributed by atoms with E-state index in [1.807, 2.05) is 23.9 Å². The van der Waals surface area contributed by atoms with Gasteiger partial charge in [0.2, 0.25) is 11.9 Å². The van der Waals surface area contributed by atoms with Crippen LogP contribution in [0.4, 0.5) is 11.8 Å². The molecule has 44 heavy (non-hydrogen) atoms. The summed E-state index contributed by atoms with van der Waals surface area (Å²) in [6.45, 7) is 7.52. The highest BCUT2D eigenvalue weighted by atomic mass is 16.4. The molecule has 0 radical (unpaired) electrons. The third-order valence-electron chi connectivity index (χ3n) is 8.36. The van der Waals surface area contributed by atoms with E-state index in [1.165, 1.54) is 32.1 Å². The van der Waals surface area contributed by atoms with Gasteiger partial charge in [0.1, 0.15) is 17.6 Å². The molecule has 3 heterocycles. The molecule has 244 valence electrons. The van der Waals surface area contributed by atoms with Crippen molar-refractivity contribution >= 4 is 23.6 Å². The topological polar surface area (TPSA) is 188 Å². The van der Waals surface area contributed by atoms with Crippen molar-refractivity contribution in [2.24, 2.45) is 5.73 Å². The molecule has 0 unspecified atom stereocenters. The number of carboxylic acids is 1. The van der Waals surface area contributed by atoms with Crippen LogP contribution in [-0.4, -0.2) is 97.7 Å². The smallest absolute Gasteiger partial charge is 0.320 e. The van der Waals surface area contributed by atoms with Gasteiger partial charge < -0.3 is 37.0 Å². The third-order valence-corrected chi connectivity index (χ3v) is 8.36. The number of hydrogen-bond acceptors (Lipinski definition) is 11. The fourth-order valence-electron chi connectivity index (χ4n) is 5.78. The van der Waals surface area contributed by atoms with E-state index in [1.54, 1.807) is 4.90 Å². The zero-order valence-electron chi connectivity index (χ0n) is 26.1. The van der Waals surface area contributed by atoms with Crippen LogP contribution in [-0.2, 0) is 22.7 Å². The SMILES string of the molecule is Cc1cc(NC2CCN(C(=O)CC[C@H](N)C(=O)O)CC2)nc(NCc2cn(CCCNCCCNC3CCCCC3)nn2)n1. The van der Waals surface area contributed by atoms with Crippen LogP contribution in [0.25, 0.3) is 0 Å². The monoisotopic (exact) mass is 613 g/mol. The van der Waals surface area contributed by atoms with Crippen molar-refractivity contribution in [1.82, 2.24) is 40.5 Å². The van der Waals surface area contributed by atoms with E-state index >= 15 is 0 Å². The van der Waals surface area contributed by atoms with Gasteiger partial charge in [0.15, 0.2) is 0 Å². The van der Waals surface area contributed by atoms with Crippen LogP contribution in [0.2, 0.25) is 0 Å². The minimum Gasteiger partial charge on any atom is -0.480 e. The van der Waals surface area contributed by atoms with Crippen LogP contribution in [0.1, 0.15) is 82.0 Å². The highest BCUT2D eigenvalue weighted by molar-refractivity contribution is 5.78. The number of carbonyl (C=O) groups is 2. The van der Waals surface area contributed by atoms with E-state index in [-0.39, 0.29) is 24.8 Å². The number of amides is 1. The Balaban J connectivity index is 1.10. The quantitative estimate of drug-likeness (QED) is 0.134. The largest absolute Gasteiger partial charge is 0.480 e. The van der Waals surface area contributed by atoms with Crippen LogP contribution in [0.3, 0.4) is 0 Å². The van der Waals surface area contributed by atoms with Gasteiger partial charge in [-0.2, -0.15) is 4.98 Å². The molecule has 4 rings (SSSR count). The van der Waals surface area contributed by atoms with Crippen molar-refractivity contribution in [1.29, 1.82) is 0 Å². The van der Waals surface area contributed by atoms with Crippen molar-refractivity contribution in [3.05, 3.63) is 23.7 Å². The molecule has 2 aromatic heterocycles. The molecule has 0 bridgehead atoms. The summed E-state index contributed by atoms with van der Waals surface area (Å²) < 4.78 is 1.88. The first-order chi connectivity index (χ1) is 21.4. The molecular weight excluding hydrogens is 562 g/mol. The minimum absolute atomic E-state index is 0.0499. The third kappa shape index (κ3) is 11.6. The van der Waals surface area contributed by atoms with Crippen molar-refractivity contribution in [2.75, 3.05) is 43.4 Å². The summed E-state index contributed by atoms with van der Waals surface area (Å²) in [6, 6.07) is 1.81. The number of nitrogens with two attached hydrogens (primary N) is 1. The molecule has 2 aromatic rings. The number of piperidine rings is 1. The predicted molar refractivity (Wildman–Crippen MR) is 169 cm³/mol. The summed E-state index contributed by atoms with van der Waals surface area (Å²) >= 11 is 0. The fraction of sp³-hybridized carbons (Fsp3) is 0.733. The Labute approximate surface area is 260 Å². The maximum Gasteiger partial charge on any atom is 0.320 e. The second kappa shape index (κ2) is 17.8. The first-order valence-corrected chi connectivity index (χ1v) is 16.3. The minimum atomic E-state index is -1.08. The molecule has 1 aliphatic heterocycles. The lowest BCUT2D eigenvalue weighted by molar-refractivity contribution is -0.139. The number of nitrogens with zero attached hydrogens (tertiary/aromatic N) is 6. The van der Waals surface area contributed by atoms with Gasteiger partial charge >= 0.3 is 5.97 Å². The second-order valence-corrected chi connectivity index (χ2v) is 12.1. The van der Waals surface area contributed by atoms with Gasteiger partial charge in [-0.1, -0.05) is 24.5 Å². The number of aliphatic carboxylic acids is 1. The van der Waals surface area contributed by atoms with E-state index in [4.69, 9.17) is 10.8 Å². The number of nitrogens with one attached hydrogen (secondary N) is 4. The number of aromatic nitrogens is 5. The summed E-state index contributed by atoms with van der Waals surface area (Å²) in [6.07, 6.45) is 12.8.